The normalized spacial score (nSPS) is 16.7. The quantitative estimate of drug-likeness (QED) is 0.843. The molecule has 3 heteroatoms. The topological polar surface area (TPSA) is 32.3 Å². The fourth-order valence-corrected chi connectivity index (χ4v) is 2.63. The van der Waals surface area contributed by atoms with E-state index >= 15 is 0 Å². The van der Waals surface area contributed by atoms with Gasteiger partial charge in [-0.3, -0.25) is 4.79 Å². The molecule has 1 N–H and O–H groups in total. The van der Waals surface area contributed by atoms with Crippen LogP contribution in [0.2, 0.25) is 0 Å². The average Bonchev–Trinajstić information content (AvgIpc) is 2.67. The highest BCUT2D eigenvalue weighted by Crippen LogP contribution is 2.21. The Balaban J connectivity index is 1.96. The summed E-state index contributed by atoms with van der Waals surface area (Å²) in [5.41, 5.74) is 1.87. The van der Waals surface area contributed by atoms with E-state index in [1.165, 1.54) is 38.5 Å². The molecule has 0 atom stereocenters. The fourth-order valence-electron chi connectivity index (χ4n) is 2.63. The number of anilines is 1. The molecule has 0 saturated heterocycles. The third-order valence-electron chi connectivity index (χ3n) is 3.76. The van der Waals surface area contributed by atoms with E-state index in [0.29, 0.717) is 6.04 Å². The van der Waals surface area contributed by atoms with Crippen molar-refractivity contribution >= 4 is 11.6 Å². The van der Waals surface area contributed by atoms with Crippen LogP contribution in [0, 0.1) is 0 Å². The van der Waals surface area contributed by atoms with Crippen LogP contribution in [-0.2, 0) is 0 Å². The van der Waals surface area contributed by atoms with Crippen LogP contribution in [0.1, 0.15) is 48.9 Å². The first-order valence-corrected chi connectivity index (χ1v) is 7.25. The summed E-state index contributed by atoms with van der Waals surface area (Å²) in [6.45, 7) is 0. The van der Waals surface area contributed by atoms with E-state index in [0.717, 1.165) is 11.3 Å². The monoisotopic (exact) mass is 260 g/mol. The van der Waals surface area contributed by atoms with Gasteiger partial charge in [0.05, 0.1) is 0 Å². The van der Waals surface area contributed by atoms with Gasteiger partial charge in [-0.1, -0.05) is 25.7 Å². The summed E-state index contributed by atoms with van der Waals surface area (Å²) in [4.78, 5) is 13.4. The van der Waals surface area contributed by atoms with Gasteiger partial charge in [0.15, 0.2) is 0 Å². The zero-order valence-corrected chi connectivity index (χ0v) is 12.0. The molecule has 2 rings (SSSR count). The molecule has 1 amide bonds. The van der Waals surface area contributed by atoms with Crippen molar-refractivity contribution in [3.8, 4) is 0 Å². The van der Waals surface area contributed by atoms with Gasteiger partial charge >= 0.3 is 0 Å². The molecule has 19 heavy (non-hydrogen) atoms. The molecule has 1 aliphatic carbocycles. The van der Waals surface area contributed by atoms with Crippen molar-refractivity contribution in [1.82, 2.24) is 4.90 Å². The summed E-state index contributed by atoms with van der Waals surface area (Å²) in [5.74, 6) is 0.0565. The van der Waals surface area contributed by atoms with Crippen LogP contribution in [0.3, 0.4) is 0 Å². The van der Waals surface area contributed by atoms with Gasteiger partial charge in [-0.05, 0) is 37.1 Å². The van der Waals surface area contributed by atoms with Crippen molar-refractivity contribution in [1.29, 1.82) is 0 Å². The van der Waals surface area contributed by atoms with E-state index in [9.17, 15) is 4.79 Å². The summed E-state index contributed by atoms with van der Waals surface area (Å²) >= 11 is 0. The van der Waals surface area contributed by atoms with Crippen LogP contribution in [0.4, 0.5) is 5.69 Å². The molecule has 1 aromatic carbocycles. The number of hydrogen-bond donors (Lipinski definition) is 1. The Kier molecular flexibility index (Phi) is 4.83. The number of carbonyl (C=O) groups is 1. The maximum atomic E-state index is 11.8. The predicted octanol–water partition coefficient (Wildman–Crippen LogP) is 3.52. The van der Waals surface area contributed by atoms with Gasteiger partial charge in [-0.25, -0.2) is 0 Å². The average molecular weight is 260 g/mol. The Hall–Kier alpha value is -1.51. The summed E-state index contributed by atoms with van der Waals surface area (Å²) in [6.07, 6.45) is 7.92. The number of benzene rings is 1. The lowest BCUT2D eigenvalue weighted by molar-refractivity contribution is 0.0827. The molecule has 0 heterocycles. The fraction of sp³-hybridized carbons (Fsp3) is 0.562. The van der Waals surface area contributed by atoms with Gasteiger partial charge in [0.2, 0.25) is 0 Å². The summed E-state index contributed by atoms with van der Waals surface area (Å²) in [5, 5.41) is 3.59. The van der Waals surface area contributed by atoms with Crippen molar-refractivity contribution in [2.75, 3.05) is 19.4 Å². The van der Waals surface area contributed by atoms with Gasteiger partial charge in [-0.15, -0.1) is 0 Å². The molecule has 104 valence electrons. The molecule has 1 fully saturated rings. The molecule has 1 saturated carbocycles. The van der Waals surface area contributed by atoms with Crippen molar-refractivity contribution in [3.63, 3.8) is 0 Å². The van der Waals surface area contributed by atoms with E-state index in [2.05, 4.69) is 5.32 Å². The number of hydrogen-bond acceptors (Lipinski definition) is 2. The lowest BCUT2D eigenvalue weighted by Crippen LogP contribution is -2.22. The minimum atomic E-state index is 0.0565. The van der Waals surface area contributed by atoms with Crippen molar-refractivity contribution in [2.24, 2.45) is 0 Å². The van der Waals surface area contributed by atoms with E-state index in [1.54, 1.807) is 19.0 Å². The SMILES string of the molecule is CN(C)C(=O)c1ccc(NC2CCCCCC2)cc1. The second kappa shape index (κ2) is 6.60. The summed E-state index contributed by atoms with van der Waals surface area (Å²) in [6, 6.07) is 8.43. The Bertz CT molecular complexity index is 403. The van der Waals surface area contributed by atoms with Gasteiger partial charge < -0.3 is 10.2 Å². The molecule has 0 aliphatic heterocycles. The number of carbonyl (C=O) groups excluding carboxylic acids is 1. The number of amides is 1. The molecule has 3 nitrogen and oxygen atoms in total. The number of rotatable bonds is 3. The van der Waals surface area contributed by atoms with Crippen LogP contribution >= 0.6 is 0 Å². The molecule has 0 spiro atoms. The van der Waals surface area contributed by atoms with Gasteiger partial charge in [0.1, 0.15) is 0 Å². The summed E-state index contributed by atoms with van der Waals surface area (Å²) in [7, 11) is 3.56. The Morgan fingerprint density at radius 3 is 2.16 bits per heavy atom. The van der Waals surface area contributed by atoms with Crippen LogP contribution < -0.4 is 5.32 Å². The number of nitrogens with one attached hydrogen (secondary N) is 1. The Morgan fingerprint density at radius 1 is 1.05 bits per heavy atom. The first-order valence-electron chi connectivity index (χ1n) is 7.25. The standard InChI is InChI=1S/C16H24N2O/c1-18(2)16(19)13-9-11-15(12-10-13)17-14-7-5-3-4-6-8-14/h9-12,14,17H,3-8H2,1-2H3. The van der Waals surface area contributed by atoms with Crippen LogP contribution in [-0.4, -0.2) is 30.9 Å². The Morgan fingerprint density at radius 2 is 1.63 bits per heavy atom. The second-order valence-corrected chi connectivity index (χ2v) is 5.61. The first-order chi connectivity index (χ1) is 9.16. The zero-order chi connectivity index (χ0) is 13.7. The zero-order valence-electron chi connectivity index (χ0n) is 12.0. The molecular formula is C16H24N2O. The lowest BCUT2D eigenvalue weighted by Gasteiger charge is -2.18. The maximum Gasteiger partial charge on any atom is 0.253 e. The molecule has 0 unspecified atom stereocenters. The minimum Gasteiger partial charge on any atom is -0.382 e. The second-order valence-electron chi connectivity index (χ2n) is 5.61. The first kappa shape index (κ1) is 13.9. The van der Waals surface area contributed by atoms with Crippen molar-refractivity contribution in [2.45, 2.75) is 44.6 Å². The van der Waals surface area contributed by atoms with Crippen LogP contribution in [0.15, 0.2) is 24.3 Å². The smallest absolute Gasteiger partial charge is 0.253 e. The van der Waals surface area contributed by atoms with Gasteiger partial charge in [0, 0.05) is 31.4 Å². The molecular weight excluding hydrogens is 236 g/mol. The van der Waals surface area contributed by atoms with Crippen molar-refractivity contribution < 1.29 is 4.79 Å². The molecule has 1 aliphatic rings. The molecule has 0 radical (unpaired) electrons. The van der Waals surface area contributed by atoms with Gasteiger partial charge in [0.25, 0.3) is 5.91 Å². The number of nitrogens with zero attached hydrogens (tertiary/aromatic N) is 1. The highest BCUT2D eigenvalue weighted by Gasteiger charge is 2.12. The maximum absolute atomic E-state index is 11.8. The van der Waals surface area contributed by atoms with Gasteiger partial charge in [-0.2, -0.15) is 0 Å². The molecule has 1 aromatic rings. The Labute approximate surface area is 116 Å². The third kappa shape index (κ3) is 3.98. The van der Waals surface area contributed by atoms with E-state index in [1.807, 2.05) is 24.3 Å². The highest BCUT2D eigenvalue weighted by molar-refractivity contribution is 5.94. The predicted molar refractivity (Wildman–Crippen MR) is 79.6 cm³/mol. The van der Waals surface area contributed by atoms with E-state index in [4.69, 9.17) is 0 Å². The van der Waals surface area contributed by atoms with E-state index < -0.39 is 0 Å². The minimum absolute atomic E-state index is 0.0565. The van der Waals surface area contributed by atoms with Crippen LogP contribution in [0.5, 0.6) is 0 Å². The molecule has 0 bridgehead atoms. The molecule has 0 aromatic heterocycles. The highest BCUT2D eigenvalue weighted by atomic mass is 16.2. The lowest BCUT2D eigenvalue weighted by atomic mass is 10.1. The largest absolute Gasteiger partial charge is 0.382 e. The van der Waals surface area contributed by atoms with E-state index in [-0.39, 0.29) is 5.91 Å². The van der Waals surface area contributed by atoms with Crippen LogP contribution in [0.25, 0.3) is 0 Å². The van der Waals surface area contributed by atoms with Crippen molar-refractivity contribution in [3.05, 3.63) is 29.8 Å². The third-order valence-corrected chi connectivity index (χ3v) is 3.76. The summed E-state index contributed by atoms with van der Waals surface area (Å²) < 4.78 is 0.